The second-order valence-corrected chi connectivity index (χ2v) is 6.72. The summed E-state index contributed by atoms with van der Waals surface area (Å²) < 4.78 is 77.4. The van der Waals surface area contributed by atoms with Crippen LogP contribution in [0.5, 0.6) is 5.75 Å². The Morgan fingerprint density at radius 3 is 2.18 bits per heavy atom. The minimum absolute atomic E-state index is 0.0257. The van der Waals surface area contributed by atoms with Crippen molar-refractivity contribution in [3.63, 3.8) is 0 Å². The number of nitrogens with zero attached hydrogens (tertiary/aromatic N) is 2. The maximum Gasteiger partial charge on any atom is 0.499 e. The number of guanidine groups is 1. The summed E-state index contributed by atoms with van der Waals surface area (Å²) in [5, 5.41) is 2.82. The van der Waals surface area contributed by atoms with Gasteiger partial charge in [-0.15, -0.1) is 0 Å². The Labute approximate surface area is 185 Å². The van der Waals surface area contributed by atoms with Gasteiger partial charge < -0.3 is 31.0 Å². The van der Waals surface area contributed by atoms with Crippen molar-refractivity contribution in [3.05, 3.63) is 54.1 Å². The number of anilines is 2. The molecule has 0 amide bonds. The topological polar surface area (TPSA) is 116 Å². The van der Waals surface area contributed by atoms with Gasteiger partial charge >= 0.3 is 12.3 Å². The molecule has 178 valence electrons. The summed E-state index contributed by atoms with van der Waals surface area (Å²) in [6.07, 6.45) is -11.7. The molecule has 0 bridgehead atoms. The van der Waals surface area contributed by atoms with Crippen molar-refractivity contribution in [2.45, 2.75) is 18.6 Å². The first-order valence-electron chi connectivity index (χ1n) is 9.52. The van der Waals surface area contributed by atoms with Crippen LogP contribution in [0.2, 0.25) is 0 Å². The highest BCUT2D eigenvalue weighted by atomic mass is 19.4. The van der Waals surface area contributed by atoms with Crippen LogP contribution in [-0.2, 0) is 9.47 Å². The van der Waals surface area contributed by atoms with E-state index in [1.54, 1.807) is 24.3 Å². The molecule has 0 atom stereocenters. The number of halogens is 5. The highest BCUT2D eigenvalue weighted by Gasteiger charge is 2.61. The van der Waals surface area contributed by atoms with Gasteiger partial charge in [-0.2, -0.15) is 26.9 Å². The number of hydrogen-bond donors (Lipinski definition) is 3. The third kappa shape index (κ3) is 6.76. The number of amidine groups is 1. The number of alkyl halides is 5. The Bertz CT molecular complexity index is 989. The number of rotatable bonds is 6. The zero-order chi connectivity index (χ0) is 24.1. The molecule has 1 aliphatic heterocycles. The summed E-state index contributed by atoms with van der Waals surface area (Å²) in [5.74, 6) is -0.559. The van der Waals surface area contributed by atoms with E-state index in [4.69, 9.17) is 20.9 Å². The van der Waals surface area contributed by atoms with Gasteiger partial charge in [0.2, 0.25) is 5.96 Å². The van der Waals surface area contributed by atoms with E-state index in [1.807, 2.05) is 0 Å². The molecule has 1 saturated heterocycles. The predicted octanol–water partition coefficient (Wildman–Crippen LogP) is 3.35. The molecular weight excluding hydrogens is 453 g/mol. The molecular formula is C20H20F5N5O3. The minimum Gasteiger partial charge on any atom is -0.426 e. The molecule has 0 spiro atoms. The van der Waals surface area contributed by atoms with Crippen molar-refractivity contribution >= 4 is 23.2 Å². The summed E-state index contributed by atoms with van der Waals surface area (Å²) in [4.78, 5) is 8.49. The van der Waals surface area contributed by atoms with E-state index in [-0.39, 0.29) is 24.0 Å². The van der Waals surface area contributed by atoms with Gasteiger partial charge in [0.15, 0.2) is 6.29 Å². The van der Waals surface area contributed by atoms with E-state index < -0.39 is 24.3 Å². The molecule has 3 rings (SSSR count). The second kappa shape index (κ2) is 10.0. The fraction of sp³-hybridized carbons (Fsp3) is 0.300. The monoisotopic (exact) mass is 473 g/mol. The Morgan fingerprint density at radius 2 is 1.61 bits per heavy atom. The summed E-state index contributed by atoms with van der Waals surface area (Å²) in [6, 6.07) is 10.9. The zero-order valence-electron chi connectivity index (χ0n) is 17.0. The SMILES string of the molecule is NC(=NC(=NCC1OCCO1)Nc1ccc(OC(F)(F)C(F)(F)F)cc1)c1ccc(N)cc1. The van der Waals surface area contributed by atoms with E-state index in [0.29, 0.717) is 24.5 Å². The maximum absolute atomic E-state index is 13.1. The van der Waals surface area contributed by atoms with Gasteiger partial charge in [0.1, 0.15) is 11.6 Å². The molecule has 13 heteroatoms. The van der Waals surface area contributed by atoms with Gasteiger partial charge in [-0.25, -0.2) is 4.99 Å². The largest absolute Gasteiger partial charge is 0.499 e. The number of hydrogen-bond acceptors (Lipinski definition) is 5. The van der Waals surface area contributed by atoms with Gasteiger partial charge in [-0.3, -0.25) is 0 Å². The zero-order valence-corrected chi connectivity index (χ0v) is 17.0. The van der Waals surface area contributed by atoms with Crippen molar-refractivity contribution in [1.29, 1.82) is 0 Å². The van der Waals surface area contributed by atoms with Gasteiger partial charge in [-0.1, -0.05) is 0 Å². The fourth-order valence-corrected chi connectivity index (χ4v) is 2.55. The lowest BCUT2D eigenvalue weighted by molar-refractivity contribution is -0.360. The van der Waals surface area contributed by atoms with Crippen LogP contribution in [0.3, 0.4) is 0 Å². The van der Waals surface area contributed by atoms with E-state index in [2.05, 4.69) is 20.0 Å². The third-order valence-electron chi connectivity index (χ3n) is 4.20. The summed E-state index contributed by atoms with van der Waals surface area (Å²) >= 11 is 0. The lowest BCUT2D eigenvalue weighted by Gasteiger charge is -2.20. The number of benzene rings is 2. The number of aliphatic imine (C=N–C) groups is 2. The number of nitrogens with two attached hydrogens (primary N) is 2. The molecule has 33 heavy (non-hydrogen) atoms. The Balaban J connectivity index is 1.77. The average molecular weight is 473 g/mol. The highest BCUT2D eigenvalue weighted by molar-refractivity contribution is 6.08. The molecule has 8 nitrogen and oxygen atoms in total. The molecule has 0 unspecified atom stereocenters. The molecule has 1 aliphatic rings. The van der Waals surface area contributed by atoms with Gasteiger partial charge in [-0.05, 0) is 48.5 Å². The Hall–Kier alpha value is -3.45. The van der Waals surface area contributed by atoms with Crippen molar-refractivity contribution in [3.8, 4) is 5.75 Å². The molecule has 0 radical (unpaired) electrons. The minimum atomic E-state index is -5.84. The maximum atomic E-state index is 13.1. The van der Waals surface area contributed by atoms with Gasteiger partial charge in [0.05, 0.1) is 19.8 Å². The molecule has 5 N–H and O–H groups in total. The van der Waals surface area contributed by atoms with E-state index in [1.165, 1.54) is 12.1 Å². The van der Waals surface area contributed by atoms with Crippen LogP contribution >= 0.6 is 0 Å². The second-order valence-electron chi connectivity index (χ2n) is 6.72. The molecule has 2 aromatic rings. The van der Waals surface area contributed by atoms with Crippen molar-refractivity contribution in [2.75, 3.05) is 30.8 Å². The predicted molar refractivity (Wildman–Crippen MR) is 111 cm³/mol. The first-order valence-corrected chi connectivity index (χ1v) is 9.52. The van der Waals surface area contributed by atoms with E-state index in [0.717, 1.165) is 12.1 Å². The first kappa shape index (κ1) is 24.2. The van der Waals surface area contributed by atoms with Crippen LogP contribution in [-0.4, -0.2) is 50.1 Å². The smallest absolute Gasteiger partial charge is 0.426 e. The van der Waals surface area contributed by atoms with Crippen LogP contribution < -0.4 is 21.5 Å². The molecule has 0 aliphatic carbocycles. The molecule has 1 fully saturated rings. The van der Waals surface area contributed by atoms with Gasteiger partial charge in [0.25, 0.3) is 0 Å². The van der Waals surface area contributed by atoms with Crippen molar-refractivity contribution in [2.24, 2.45) is 15.7 Å². The summed E-state index contributed by atoms with van der Waals surface area (Å²) in [7, 11) is 0. The average Bonchev–Trinajstić information content (AvgIpc) is 3.26. The number of nitrogen functional groups attached to an aromatic ring is 1. The first-order chi connectivity index (χ1) is 15.5. The third-order valence-corrected chi connectivity index (χ3v) is 4.20. The molecule has 0 saturated carbocycles. The van der Waals surface area contributed by atoms with Crippen LogP contribution in [0.1, 0.15) is 5.56 Å². The molecule has 1 heterocycles. The van der Waals surface area contributed by atoms with E-state index >= 15 is 0 Å². The Morgan fingerprint density at radius 1 is 1.00 bits per heavy atom. The Kier molecular flexibility index (Phi) is 7.33. The highest BCUT2D eigenvalue weighted by Crippen LogP contribution is 2.37. The van der Waals surface area contributed by atoms with Crippen molar-refractivity contribution in [1.82, 2.24) is 0 Å². The summed E-state index contributed by atoms with van der Waals surface area (Å²) in [6.45, 7) is 0.924. The summed E-state index contributed by atoms with van der Waals surface area (Å²) in [5.41, 5.74) is 13.1. The van der Waals surface area contributed by atoms with Crippen LogP contribution in [0.25, 0.3) is 0 Å². The standard InChI is InChI=1S/C20H20F5N5O3/c21-19(22,23)20(24,25)33-15-7-5-14(6-8-15)29-18(28-11-16-31-9-10-32-16)30-17(27)12-1-3-13(26)4-2-12/h1-8,16H,9-11,26H2,(H3,27,28,29,30). The number of nitrogens with one attached hydrogen (secondary N) is 1. The lowest BCUT2D eigenvalue weighted by atomic mass is 10.2. The van der Waals surface area contributed by atoms with Crippen LogP contribution in [0.15, 0.2) is 58.5 Å². The van der Waals surface area contributed by atoms with Crippen molar-refractivity contribution < 1.29 is 36.2 Å². The molecule has 0 aromatic heterocycles. The van der Waals surface area contributed by atoms with Crippen LogP contribution in [0.4, 0.5) is 33.3 Å². The molecule has 2 aromatic carbocycles. The van der Waals surface area contributed by atoms with E-state index in [9.17, 15) is 22.0 Å². The lowest BCUT2D eigenvalue weighted by Crippen LogP contribution is -2.41. The number of ether oxygens (including phenoxy) is 3. The van der Waals surface area contributed by atoms with Gasteiger partial charge in [0, 0.05) is 16.9 Å². The quantitative estimate of drug-likeness (QED) is 0.257. The van der Waals surface area contributed by atoms with Crippen LogP contribution in [0, 0.1) is 0 Å². The normalized spacial score (nSPS) is 16.2. The fourth-order valence-electron chi connectivity index (χ4n) is 2.55.